The van der Waals surface area contributed by atoms with E-state index in [1.54, 1.807) is 0 Å². The summed E-state index contributed by atoms with van der Waals surface area (Å²) in [5.41, 5.74) is 2.85. The van der Waals surface area contributed by atoms with Gasteiger partial charge in [-0.25, -0.2) is 0 Å². The first kappa shape index (κ1) is 18.6. The molecule has 28 heavy (non-hydrogen) atoms. The van der Waals surface area contributed by atoms with Crippen LogP contribution in [0.4, 0.5) is 0 Å². The quantitative estimate of drug-likeness (QED) is 0.446. The highest BCUT2D eigenvalue weighted by molar-refractivity contribution is 7.12. The molecule has 5 heteroatoms. The molecule has 0 aliphatic carbocycles. The van der Waals surface area contributed by atoms with Crippen molar-refractivity contribution in [3.05, 3.63) is 104 Å². The maximum atomic E-state index is 12.4. The van der Waals surface area contributed by atoms with Gasteiger partial charge in [-0.2, -0.15) is 0 Å². The first-order valence-electron chi connectivity index (χ1n) is 8.94. The monoisotopic (exact) mass is 405 g/mol. The summed E-state index contributed by atoms with van der Waals surface area (Å²) in [6, 6.07) is 25.4. The molecule has 0 saturated carbocycles. The molecular weight excluding hydrogens is 386 g/mol. The third kappa shape index (κ3) is 4.22. The highest BCUT2D eigenvalue weighted by Crippen LogP contribution is 2.30. The van der Waals surface area contributed by atoms with E-state index in [9.17, 15) is 9.90 Å². The SMILES string of the molecule is O=C(NCc1ccc(C(O)c2cccs2)s1)c1ccc(-c2ccccc2)cc1. The van der Waals surface area contributed by atoms with Crippen molar-refractivity contribution < 1.29 is 9.90 Å². The summed E-state index contributed by atoms with van der Waals surface area (Å²) in [5.74, 6) is -0.103. The van der Waals surface area contributed by atoms with Gasteiger partial charge in [0.25, 0.3) is 5.91 Å². The summed E-state index contributed by atoms with van der Waals surface area (Å²) in [5, 5.41) is 15.3. The molecule has 1 amide bonds. The summed E-state index contributed by atoms with van der Waals surface area (Å²) in [6.07, 6.45) is -0.597. The highest BCUT2D eigenvalue weighted by atomic mass is 32.1. The topological polar surface area (TPSA) is 49.3 Å². The van der Waals surface area contributed by atoms with Crippen LogP contribution >= 0.6 is 22.7 Å². The Morgan fingerprint density at radius 1 is 0.857 bits per heavy atom. The fourth-order valence-electron chi connectivity index (χ4n) is 2.94. The molecule has 2 aromatic heterocycles. The fourth-order valence-corrected chi connectivity index (χ4v) is 4.70. The number of thiophene rings is 2. The number of aliphatic hydroxyl groups excluding tert-OH is 1. The predicted molar refractivity (Wildman–Crippen MR) is 116 cm³/mol. The number of aliphatic hydroxyl groups is 1. The van der Waals surface area contributed by atoms with Gasteiger partial charge in [-0.15, -0.1) is 22.7 Å². The van der Waals surface area contributed by atoms with Crippen LogP contribution in [0.5, 0.6) is 0 Å². The fraction of sp³-hybridized carbons (Fsp3) is 0.0870. The van der Waals surface area contributed by atoms with Crippen LogP contribution in [0.15, 0.2) is 84.2 Å². The van der Waals surface area contributed by atoms with Crippen LogP contribution in [0.3, 0.4) is 0 Å². The molecule has 0 aliphatic heterocycles. The number of hydrogen-bond acceptors (Lipinski definition) is 4. The normalized spacial score (nSPS) is 11.9. The smallest absolute Gasteiger partial charge is 0.251 e. The average Bonchev–Trinajstić information content (AvgIpc) is 3.45. The lowest BCUT2D eigenvalue weighted by Gasteiger charge is -2.06. The minimum atomic E-state index is -0.597. The van der Waals surface area contributed by atoms with Crippen molar-refractivity contribution in [2.75, 3.05) is 0 Å². The molecule has 0 bridgehead atoms. The summed E-state index contributed by atoms with van der Waals surface area (Å²) in [4.78, 5) is 15.3. The van der Waals surface area contributed by atoms with Gasteiger partial charge >= 0.3 is 0 Å². The number of nitrogens with one attached hydrogen (secondary N) is 1. The summed E-state index contributed by atoms with van der Waals surface area (Å²) in [6.45, 7) is 0.446. The van der Waals surface area contributed by atoms with Gasteiger partial charge in [-0.05, 0) is 46.8 Å². The van der Waals surface area contributed by atoms with E-state index in [1.165, 1.54) is 22.7 Å². The van der Waals surface area contributed by atoms with Crippen LogP contribution in [0.2, 0.25) is 0 Å². The van der Waals surface area contributed by atoms with E-state index in [0.29, 0.717) is 12.1 Å². The number of rotatable bonds is 6. The maximum absolute atomic E-state index is 12.4. The lowest BCUT2D eigenvalue weighted by Crippen LogP contribution is -2.22. The standard InChI is InChI=1S/C23H19NO2S2/c25-22(20-7-4-14-27-20)21-13-12-19(28-21)15-24-23(26)18-10-8-17(9-11-18)16-5-2-1-3-6-16/h1-14,22,25H,15H2,(H,24,26). The zero-order valence-electron chi connectivity index (χ0n) is 15.0. The van der Waals surface area contributed by atoms with Crippen LogP contribution in [-0.4, -0.2) is 11.0 Å². The van der Waals surface area contributed by atoms with E-state index in [0.717, 1.165) is 25.8 Å². The van der Waals surface area contributed by atoms with Crippen molar-refractivity contribution in [2.45, 2.75) is 12.6 Å². The first-order valence-corrected chi connectivity index (χ1v) is 10.6. The highest BCUT2D eigenvalue weighted by Gasteiger charge is 2.14. The second-order valence-corrected chi connectivity index (χ2v) is 8.53. The van der Waals surface area contributed by atoms with Crippen molar-refractivity contribution in [1.82, 2.24) is 5.32 Å². The molecule has 0 aliphatic rings. The van der Waals surface area contributed by atoms with Crippen LogP contribution in [0.25, 0.3) is 11.1 Å². The van der Waals surface area contributed by atoms with Gasteiger partial charge in [0.1, 0.15) is 6.10 Å². The molecule has 0 saturated heterocycles. The Morgan fingerprint density at radius 2 is 1.61 bits per heavy atom. The predicted octanol–water partition coefficient (Wildman–Crippen LogP) is 5.49. The van der Waals surface area contributed by atoms with Gasteiger partial charge in [-0.3, -0.25) is 4.79 Å². The lowest BCUT2D eigenvalue weighted by molar-refractivity contribution is 0.0951. The third-order valence-electron chi connectivity index (χ3n) is 4.44. The second-order valence-electron chi connectivity index (χ2n) is 6.35. The molecule has 1 atom stereocenters. The molecule has 0 radical (unpaired) electrons. The third-order valence-corrected chi connectivity index (χ3v) is 6.50. The Labute approximate surface area is 171 Å². The molecule has 140 valence electrons. The van der Waals surface area contributed by atoms with Crippen molar-refractivity contribution in [3.63, 3.8) is 0 Å². The Balaban J connectivity index is 1.37. The molecule has 2 N–H and O–H groups in total. The van der Waals surface area contributed by atoms with Crippen LogP contribution in [-0.2, 0) is 6.54 Å². The number of carbonyl (C=O) groups is 1. The maximum Gasteiger partial charge on any atom is 0.251 e. The van der Waals surface area contributed by atoms with Gasteiger partial charge in [0.15, 0.2) is 0 Å². The van der Waals surface area contributed by atoms with Crippen molar-refractivity contribution >= 4 is 28.6 Å². The van der Waals surface area contributed by atoms with E-state index in [2.05, 4.69) is 5.32 Å². The van der Waals surface area contributed by atoms with Gasteiger partial charge < -0.3 is 10.4 Å². The second kappa shape index (κ2) is 8.52. The lowest BCUT2D eigenvalue weighted by atomic mass is 10.0. The van der Waals surface area contributed by atoms with Crippen LogP contribution < -0.4 is 5.32 Å². The Kier molecular flexibility index (Phi) is 5.67. The minimum absolute atomic E-state index is 0.103. The molecule has 0 spiro atoms. The van der Waals surface area contributed by atoms with Gasteiger partial charge in [0.2, 0.25) is 0 Å². The molecule has 3 nitrogen and oxygen atoms in total. The Bertz CT molecular complexity index is 1040. The zero-order chi connectivity index (χ0) is 19.3. The van der Waals surface area contributed by atoms with Crippen molar-refractivity contribution in [1.29, 1.82) is 0 Å². The molecule has 1 unspecified atom stereocenters. The van der Waals surface area contributed by atoms with Gasteiger partial charge in [-0.1, -0.05) is 48.5 Å². The number of hydrogen-bond donors (Lipinski definition) is 2. The Morgan fingerprint density at radius 3 is 2.32 bits per heavy atom. The first-order chi connectivity index (χ1) is 13.7. The van der Waals surface area contributed by atoms with Crippen molar-refractivity contribution in [3.8, 4) is 11.1 Å². The molecular formula is C23H19NO2S2. The van der Waals surface area contributed by atoms with E-state index in [4.69, 9.17) is 0 Å². The minimum Gasteiger partial charge on any atom is -0.382 e. The largest absolute Gasteiger partial charge is 0.382 e. The van der Waals surface area contributed by atoms with Gasteiger partial charge in [0.05, 0.1) is 6.54 Å². The molecule has 4 aromatic rings. The number of carbonyl (C=O) groups excluding carboxylic acids is 1. The average molecular weight is 406 g/mol. The van der Waals surface area contributed by atoms with E-state index in [-0.39, 0.29) is 5.91 Å². The molecule has 2 heterocycles. The zero-order valence-corrected chi connectivity index (χ0v) is 16.7. The summed E-state index contributed by atoms with van der Waals surface area (Å²) < 4.78 is 0. The number of benzene rings is 2. The summed E-state index contributed by atoms with van der Waals surface area (Å²) >= 11 is 3.06. The van der Waals surface area contributed by atoms with Crippen molar-refractivity contribution in [2.24, 2.45) is 0 Å². The summed E-state index contributed by atoms with van der Waals surface area (Å²) in [7, 11) is 0. The van der Waals surface area contributed by atoms with E-state index in [1.807, 2.05) is 84.2 Å². The van der Waals surface area contributed by atoms with Crippen LogP contribution in [0, 0.1) is 0 Å². The number of amides is 1. The van der Waals surface area contributed by atoms with Gasteiger partial charge in [0, 0.05) is 20.2 Å². The van der Waals surface area contributed by atoms with E-state index < -0.39 is 6.10 Å². The van der Waals surface area contributed by atoms with E-state index >= 15 is 0 Å². The molecule has 2 aromatic carbocycles. The molecule has 0 fully saturated rings. The Hall–Kier alpha value is -2.73. The molecule has 4 rings (SSSR count). The van der Waals surface area contributed by atoms with Crippen LogP contribution in [0.1, 0.15) is 31.1 Å².